The molecule has 0 heterocycles. The van der Waals surface area contributed by atoms with Gasteiger partial charge in [-0.15, -0.1) is 0 Å². The maximum atomic E-state index is 12.5. The summed E-state index contributed by atoms with van der Waals surface area (Å²) in [5, 5.41) is 2.70. The number of alkyl carbamates (subject to hydrolysis) is 1. The Morgan fingerprint density at radius 3 is 1.48 bits per heavy atom. The molecule has 0 aromatic heterocycles. The number of carbonyl (C=O) groups excluding carboxylic acids is 2. The summed E-state index contributed by atoms with van der Waals surface area (Å²) in [6.45, 7) is 7.17. The summed E-state index contributed by atoms with van der Waals surface area (Å²) in [6, 6.07) is -0.599. The lowest BCUT2D eigenvalue weighted by Crippen LogP contribution is -2.42. The van der Waals surface area contributed by atoms with Crippen molar-refractivity contribution in [2.24, 2.45) is 0 Å². The number of esters is 1. The van der Waals surface area contributed by atoms with E-state index < -0.39 is 12.1 Å². The summed E-state index contributed by atoms with van der Waals surface area (Å²) < 4.78 is 10.5. The number of rotatable bonds is 24. The molecule has 33 heavy (non-hydrogen) atoms. The van der Waals surface area contributed by atoms with E-state index in [1.165, 1.54) is 77.0 Å². The lowest BCUT2D eigenvalue weighted by molar-refractivity contribution is -0.146. The molecule has 0 radical (unpaired) electrons. The lowest BCUT2D eigenvalue weighted by Gasteiger charge is -2.17. The van der Waals surface area contributed by atoms with Crippen LogP contribution in [0.5, 0.6) is 0 Å². The molecule has 0 saturated carbocycles. The van der Waals surface area contributed by atoms with Gasteiger partial charge in [0.1, 0.15) is 6.04 Å². The average Bonchev–Trinajstić information content (AvgIpc) is 2.82. The van der Waals surface area contributed by atoms with E-state index in [0.29, 0.717) is 19.6 Å². The second-order valence-corrected chi connectivity index (χ2v) is 9.45. The average molecular weight is 470 g/mol. The van der Waals surface area contributed by atoms with Crippen LogP contribution >= 0.6 is 0 Å². The molecule has 0 fully saturated rings. The molecule has 0 aliphatic heterocycles. The van der Waals surface area contributed by atoms with Crippen LogP contribution in [0.3, 0.4) is 0 Å². The predicted octanol–water partition coefficient (Wildman–Crippen LogP) is 8.49. The van der Waals surface area contributed by atoms with Gasteiger partial charge < -0.3 is 14.8 Å². The Balaban J connectivity index is 3.77. The number of hydrogen-bond acceptors (Lipinski definition) is 4. The van der Waals surface area contributed by atoms with E-state index in [1.54, 1.807) is 0 Å². The first-order chi connectivity index (χ1) is 16.2. The van der Waals surface area contributed by atoms with Gasteiger partial charge in [-0.2, -0.15) is 0 Å². The number of ether oxygens (including phenoxy) is 2. The molecule has 0 aromatic carbocycles. The van der Waals surface area contributed by atoms with Crippen LogP contribution in [0.25, 0.3) is 0 Å². The van der Waals surface area contributed by atoms with Gasteiger partial charge in [-0.05, 0) is 19.3 Å². The van der Waals surface area contributed by atoms with Crippen molar-refractivity contribution in [2.75, 3.05) is 13.2 Å². The molecule has 5 nitrogen and oxygen atoms in total. The minimum atomic E-state index is -0.599. The standard InChI is InChI=1S/C28H55NO4/c1-4-7-9-11-12-13-14-15-16-17-18-19-20-22-25-32-27(30)26(23-21-10-8-5-2)29-28(31)33-24-6-3/h26H,4-25H2,1-3H3,(H,29,31). The minimum absolute atomic E-state index is 0.324. The van der Waals surface area contributed by atoms with Crippen molar-refractivity contribution in [2.45, 2.75) is 155 Å². The normalized spacial score (nSPS) is 11.8. The van der Waals surface area contributed by atoms with Crippen LogP contribution in [0.15, 0.2) is 0 Å². The second kappa shape index (κ2) is 25.4. The van der Waals surface area contributed by atoms with Gasteiger partial charge in [0, 0.05) is 0 Å². The molecule has 0 aromatic rings. The zero-order valence-electron chi connectivity index (χ0n) is 22.3. The maximum Gasteiger partial charge on any atom is 0.407 e. The van der Waals surface area contributed by atoms with Crippen LogP contribution in [-0.4, -0.2) is 31.3 Å². The van der Waals surface area contributed by atoms with Gasteiger partial charge in [0.05, 0.1) is 13.2 Å². The highest BCUT2D eigenvalue weighted by atomic mass is 16.6. The molecule has 196 valence electrons. The van der Waals surface area contributed by atoms with E-state index in [4.69, 9.17) is 9.47 Å². The van der Waals surface area contributed by atoms with Crippen LogP contribution in [0.1, 0.15) is 149 Å². The summed E-state index contributed by atoms with van der Waals surface area (Å²) in [6.07, 6.45) is 23.4. The molecule has 0 rings (SSSR count). The van der Waals surface area contributed by atoms with Crippen LogP contribution < -0.4 is 5.32 Å². The van der Waals surface area contributed by atoms with Crippen molar-refractivity contribution in [1.29, 1.82) is 0 Å². The Hall–Kier alpha value is -1.26. The Labute approximate surface area is 205 Å². The second-order valence-electron chi connectivity index (χ2n) is 9.45. The molecule has 0 spiro atoms. The molecule has 0 saturated heterocycles. The Kier molecular flexibility index (Phi) is 24.4. The van der Waals surface area contributed by atoms with Crippen molar-refractivity contribution in [3.63, 3.8) is 0 Å². The first-order valence-corrected chi connectivity index (χ1v) is 14.3. The van der Waals surface area contributed by atoms with E-state index in [2.05, 4.69) is 19.2 Å². The molecule has 0 bridgehead atoms. The Bertz CT molecular complexity index is 442. The molecule has 5 heteroatoms. The zero-order chi connectivity index (χ0) is 24.4. The SMILES string of the molecule is CCCCCCCCCCCCCCCCOC(=O)C(CCCCCC)NC(=O)OCCC. The van der Waals surface area contributed by atoms with E-state index in [1.807, 2.05) is 6.92 Å². The van der Waals surface area contributed by atoms with Gasteiger partial charge >= 0.3 is 12.1 Å². The molecular formula is C28H55NO4. The number of amides is 1. The quantitative estimate of drug-likeness (QED) is 0.114. The van der Waals surface area contributed by atoms with Crippen molar-refractivity contribution in [1.82, 2.24) is 5.32 Å². The highest BCUT2D eigenvalue weighted by Gasteiger charge is 2.22. The largest absolute Gasteiger partial charge is 0.464 e. The van der Waals surface area contributed by atoms with Gasteiger partial charge in [0.2, 0.25) is 0 Å². The van der Waals surface area contributed by atoms with Gasteiger partial charge in [0.25, 0.3) is 0 Å². The molecule has 1 N–H and O–H groups in total. The molecule has 0 aliphatic carbocycles. The predicted molar refractivity (Wildman–Crippen MR) is 139 cm³/mol. The van der Waals surface area contributed by atoms with Gasteiger partial charge in [0.15, 0.2) is 0 Å². The summed E-state index contributed by atoms with van der Waals surface area (Å²) >= 11 is 0. The highest BCUT2D eigenvalue weighted by Crippen LogP contribution is 2.13. The van der Waals surface area contributed by atoms with E-state index >= 15 is 0 Å². The van der Waals surface area contributed by atoms with Crippen molar-refractivity contribution < 1.29 is 19.1 Å². The molecule has 1 atom stereocenters. The monoisotopic (exact) mass is 469 g/mol. The van der Waals surface area contributed by atoms with Crippen LogP contribution in [0.4, 0.5) is 4.79 Å². The fourth-order valence-electron chi connectivity index (χ4n) is 3.97. The third-order valence-electron chi connectivity index (χ3n) is 6.10. The third kappa shape index (κ3) is 22.3. The van der Waals surface area contributed by atoms with Crippen LogP contribution in [-0.2, 0) is 14.3 Å². The molecular weight excluding hydrogens is 414 g/mol. The third-order valence-corrected chi connectivity index (χ3v) is 6.10. The van der Waals surface area contributed by atoms with Crippen LogP contribution in [0.2, 0.25) is 0 Å². The Morgan fingerprint density at radius 1 is 0.545 bits per heavy atom. The lowest BCUT2D eigenvalue weighted by atomic mass is 10.0. The fourth-order valence-corrected chi connectivity index (χ4v) is 3.97. The van der Waals surface area contributed by atoms with Gasteiger partial charge in [-0.3, -0.25) is 0 Å². The smallest absolute Gasteiger partial charge is 0.407 e. The van der Waals surface area contributed by atoms with E-state index in [-0.39, 0.29) is 5.97 Å². The van der Waals surface area contributed by atoms with Crippen molar-refractivity contribution in [3.8, 4) is 0 Å². The number of unbranched alkanes of at least 4 members (excludes halogenated alkanes) is 16. The number of nitrogens with one attached hydrogen (secondary N) is 1. The van der Waals surface area contributed by atoms with Crippen molar-refractivity contribution >= 4 is 12.1 Å². The molecule has 0 aliphatic rings. The number of hydrogen-bond donors (Lipinski definition) is 1. The summed E-state index contributed by atoms with van der Waals surface area (Å²) in [5.41, 5.74) is 0. The van der Waals surface area contributed by atoms with Crippen molar-refractivity contribution in [3.05, 3.63) is 0 Å². The van der Waals surface area contributed by atoms with E-state index in [0.717, 1.165) is 44.9 Å². The first kappa shape index (κ1) is 31.7. The molecule has 1 amide bonds. The number of carbonyl (C=O) groups is 2. The summed E-state index contributed by atoms with van der Waals surface area (Å²) in [7, 11) is 0. The highest BCUT2D eigenvalue weighted by molar-refractivity contribution is 5.81. The summed E-state index contributed by atoms with van der Waals surface area (Å²) in [5.74, 6) is -0.324. The molecule has 1 unspecified atom stereocenters. The fraction of sp³-hybridized carbons (Fsp3) is 0.929. The summed E-state index contributed by atoms with van der Waals surface area (Å²) in [4.78, 5) is 24.3. The zero-order valence-corrected chi connectivity index (χ0v) is 22.3. The Morgan fingerprint density at radius 2 is 1.00 bits per heavy atom. The first-order valence-electron chi connectivity index (χ1n) is 14.3. The van der Waals surface area contributed by atoms with E-state index in [9.17, 15) is 9.59 Å². The topological polar surface area (TPSA) is 64.6 Å². The van der Waals surface area contributed by atoms with Gasteiger partial charge in [-0.1, -0.05) is 130 Å². The van der Waals surface area contributed by atoms with Gasteiger partial charge in [-0.25, -0.2) is 9.59 Å². The van der Waals surface area contributed by atoms with Crippen LogP contribution in [0, 0.1) is 0 Å². The maximum absolute atomic E-state index is 12.5. The minimum Gasteiger partial charge on any atom is -0.464 e.